The van der Waals surface area contributed by atoms with Crippen LogP contribution in [0.2, 0.25) is 0 Å². The van der Waals surface area contributed by atoms with E-state index in [0.717, 1.165) is 11.8 Å². The minimum absolute atomic E-state index is 1.07. The molecule has 0 spiro atoms. The lowest BCUT2D eigenvalue weighted by Gasteiger charge is -2.28. The minimum Gasteiger partial charge on any atom is -0.0707 e. The zero-order valence-corrected chi connectivity index (χ0v) is 9.23. The topological polar surface area (TPSA) is 0 Å². The van der Waals surface area contributed by atoms with Gasteiger partial charge in [0.1, 0.15) is 0 Å². The molecule has 0 aliphatic heterocycles. The van der Waals surface area contributed by atoms with Crippen molar-refractivity contribution in [1.29, 1.82) is 0 Å². The van der Waals surface area contributed by atoms with Crippen molar-refractivity contribution in [3.63, 3.8) is 0 Å². The maximum atomic E-state index is 1.89. The Hall–Kier alpha value is -0.260. The van der Waals surface area contributed by atoms with Crippen LogP contribution in [-0.2, 0) is 0 Å². The fraction of sp³-hybridized carbons (Fsp3) is 0.857. The van der Waals surface area contributed by atoms with Gasteiger partial charge in [-0.15, -0.1) is 0 Å². The zero-order chi connectivity index (χ0) is 9.38. The smallest absolute Gasteiger partial charge is 0.0286 e. The molecule has 0 radical (unpaired) electrons. The fourth-order valence-corrected chi connectivity index (χ4v) is 3.66. The molecular weight excluding hydrogens is 168 g/mol. The van der Waals surface area contributed by atoms with Gasteiger partial charge in [-0.3, -0.25) is 0 Å². The summed E-state index contributed by atoms with van der Waals surface area (Å²) in [6.07, 6.45) is 15.0. The van der Waals surface area contributed by atoms with E-state index < -0.39 is 0 Å². The first-order chi connectivity index (χ1) is 6.92. The normalized spacial score (nSPS) is 29.1. The number of rotatable bonds is 2. The van der Waals surface area contributed by atoms with E-state index in [1.165, 1.54) is 44.9 Å². The standard InChI is InChI=1S/C14H22/c1-2-7-14-10-12(9-13(14)6-1)8-11-4-3-5-11/h11-12H,1-10H2. The summed E-state index contributed by atoms with van der Waals surface area (Å²) in [5, 5.41) is 0. The van der Waals surface area contributed by atoms with Gasteiger partial charge in [0.15, 0.2) is 0 Å². The molecule has 3 aliphatic carbocycles. The largest absolute Gasteiger partial charge is 0.0707 e. The van der Waals surface area contributed by atoms with E-state index in [1.54, 1.807) is 19.3 Å². The van der Waals surface area contributed by atoms with Gasteiger partial charge in [0.2, 0.25) is 0 Å². The van der Waals surface area contributed by atoms with Crippen LogP contribution in [0.4, 0.5) is 0 Å². The van der Waals surface area contributed by atoms with E-state index in [4.69, 9.17) is 0 Å². The maximum absolute atomic E-state index is 1.89. The van der Waals surface area contributed by atoms with Crippen LogP contribution in [0.5, 0.6) is 0 Å². The van der Waals surface area contributed by atoms with E-state index in [2.05, 4.69) is 0 Å². The van der Waals surface area contributed by atoms with Crippen LogP contribution >= 0.6 is 0 Å². The molecule has 0 bridgehead atoms. The van der Waals surface area contributed by atoms with Crippen molar-refractivity contribution in [3.05, 3.63) is 11.1 Å². The highest BCUT2D eigenvalue weighted by Crippen LogP contribution is 2.44. The van der Waals surface area contributed by atoms with Crippen LogP contribution in [0.15, 0.2) is 11.1 Å². The highest BCUT2D eigenvalue weighted by Gasteiger charge is 2.29. The molecule has 1 saturated carbocycles. The molecule has 0 atom stereocenters. The van der Waals surface area contributed by atoms with E-state index in [9.17, 15) is 0 Å². The Morgan fingerprint density at radius 1 is 0.786 bits per heavy atom. The van der Waals surface area contributed by atoms with Gasteiger partial charge < -0.3 is 0 Å². The summed E-state index contributed by atoms with van der Waals surface area (Å²) in [4.78, 5) is 0. The second-order valence-electron chi connectivity index (χ2n) is 5.72. The molecule has 3 aliphatic rings. The second kappa shape index (κ2) is 3.72. The fourth-order valence-electron chi connectivity index (χ4n) is 3.66. The summed E-state index contributed by atoms with van der Waals surface area (Å²) in [7, 11) is 0. The molecular formula is C14H22. The molecule has 0 amide bonds. The van der Waals surface area contributed by atoms with Crippen molar-refractivity contribution < 1.29 is 0 Å². The van der Waals surface area contributed by atoms with Crippen molar-refractivity contribution in [2.45, 2.75) is 64.2 Å². The minimum atomic E-state index is 1.07. The Morgan fingerprint density at radius 2 is 1.43 bits per heavy atom. The quantitative estimate of drug-likeness (QED) is 0.564. The molecule has 0 saturated heterocycles. The highest BCUT2D eigenvalue weighted by molar-refractivity contribution is 5.23. The van der Waals surface area contributed by atoms with Crippen molar-refractivity contribution in [3.8, 4) is 0 Å². The van der Waals surface area contributed by atoms with Crippen LogP contribution in [0, 0.1) is 11.8 Å². The summed E-state index contributed by atoms with van der Waals surface area (Å²) < 4.78 is 0. The monoisotopic (exact) mass is 190 g/mol. The van der Waals surface area contributed by atoms with E-state index >= 15 is 0 Å². The maximum Gasteiger partial charge on any atom is -0.0286 e. The van der Waals surface area contributed by atoms with Crippen LogP contribution in [-0.4, -0.2) is 0 Å². The third-order valence-corrected chi connectivity index (χ3v) is 4.67. The first-order valence-electron chi connectivity index (χ1n) is 6.61. The predicted octanol–water partition coefficient (Wildman–Crippen LogP) is 4.46. The van der Waals surface area contributed by atoms with Crippen LogP contribution < -0.4 is 0 Å². The Kier molecular flexibility index (Phi) is 2.39. The van der Waals surface area contributed by atoms with Crippen molar-refractivity contribution in [2.24, 2.45) is 11.8 Å². The van der Waals surface area contributed by atoms with Gasteiger partial charge in [0, 0.05) is 0 Å². The zero-order valence-electron chi connectivity index (χ0n) is 9.23. The van der Waals surface area contributed by atoms with Gasteiger partial charge in [-0.05, 0) is 56.8 Å². The summed E-state index contributed by atoms with van der Waals surface area (Å²) >= 11 is 0. The molecule has 78 valence electrons. The molecule has 0 aromatic rings. The van der Waals surface area contributed by atoms with Gasteiger partial charge in [0.05, 0.1) is 0 Å². The van der Waals surface area contributed by atoms with Gasteiger partial charge in [-0.1, -0.05) is 30.4 Å². The molecule has 1 fully saturated rings. The molecule has 14 heavy (non-hydrogen) atoms. The average molecular weight is 190 g/mol. The van der Waals surface area contributed by atoms with Crippen molar-refractivity contribution >= 4 is 0 Å². The number of hydrogen-bond acceptors (Lipinski definition) is 0. The Morgan fingerprint density at radius 3 is 1.93 bits per heavy atom. The van der Waals surface area contributed by atoms with Crippen molar-refractivity contribution in [2.75, 3.05) is 0 Å². The Bertz CT molecular complexity index is 227. The Balaban J connectivity index is 1.55. The van der Waals surface area contributed by atoms with Crippen LogP contribution in [0.3, 0.4) is 0 Å². The summed E-state index contributed by atoms with van der Waals surface area (Å²) in [5.74, 6) is 2.20. The Labute approximate surface area is 87.8 Å². The lowest BCUT2D eigenvalue weighted by Crippen LogP contribution is -2.14. The third kappa shape index (κ3) is 1.64. The summed E-state index contributed by atoms with van der Waals surface area (Å²) in [6.45, 7) is 0. The van der Waals surface area contributed by atoms with Crippen molar-refractivity contribution in [1.82, 2.24) is 0 Å². The van der Waals surface area contributed by atoms with Gasteiger partial charge >= 0.3 is 0 Å². The van der Waals surface area contributed by atoms with E-state index in [1.807, 2.05) is 11.1 Å². The van der Waals surface area contributed by atoms with Gasteiger partial charge in [-0.25, -0.2) is 0 Å². The first kappa shape index (κ1) is 9.00. The average Bonchev–Trinajstić information content (AvgIpc) is 2.53. The molecule has 0 unspecified atom stereocenters. The van der Waals surface area contributed by atoms with Crippen LogP contribution in [0.25, 0.3) is 0 Å². The summed E-state index contributed by atoms with van der Waals surface area (Å²) in [6, 6.07) is 0. The molecule has 0 heteroatoms. The first-order valence-corrected chi connectivity index (χ1v) is 6.61. The molecule has 0 aromatic heterocycles. The molecule has 3 rings (SSSR count). The number of allylic oxidation sites excluding steroid dienone is 2. The molecule has 0 nitrogen and oxygen atoms in total. The lowest BCUT2D eigenvalue weighted by molar-refractivity contribution is 0.252. The van der Waals surface area contributed by atoms with E-state index in [-0.39, 0.29) is 0 Å². The SMILES string of the molecule is C1CCC2=C(C1)CC(CC1CCC1)C2. The molecule has 0 heterocycles. The highest BCUT2D eigenvalue weighted by atomic mass is 14.3. The molecule has 0 N–H and O–H groups in total. The second-order valence-corrected chi connectivity index (χ2v) is 5.72. The van der Waals surface area contributed by atoms with Gasteiger partial charge in [0.25, 0.3) is 0 Å². The summed E-state index contributed by atoms with van der Waals surface area (Å²) in [5.41, 5.74) is 3.78. The molecule has 0 aromatic carbocycles. The number of hydrogen-bond donors (Lipinski definition) is 0. The van der Waals surface area contributed by atoms with Crippen LogP contribution in [0.1, 0.15) is 64.2 Å². The predicted molar refractivity (Wildman–Crippen MR) is 60.2 cm³/mol. The third-order valence-electron chi connectivity index (χ3n) is 4.67. The van der Waals surface area contributed by atoms with E-state index in [0.29, 0.717) is 0 Å². The lowest BCUT2D eigenvalue weighted by atomic mass is 9.78. The van der Waals surface area contributed by atoms with Gasteiger partial charge in [-0.2, -0.15) is 0 Å².